The number of hydrogen-bond acceptors (Lipinski definition) is 0. The molecule has 4 fully saturated rings. The normalized spacial score (nSPS) is 26.3. The Labute approximate surface area is 395 Å². The Kier molecular flexibility index (Phi) is 29.8. The van der Waals surface area contributed by atoms with Crippen LogP contribution in [0.1, 0.15) is 292 Å². The molecule has 8 unspecified atom stereocenters. The lowest BCUT2D eigenvalue weighted by molar-refractivity contribution is 0.0345. The molecule has 0 bridgehead atoms. The Morgan fingerprint density at radius 1 is 0.645 bits per heavy atom. The van der Waals surface area contributed by atoms with Gasteiger partial charge in [-0.25, -0.2) is 0 Å². The minimum absolute atomic E-state index is 0.400. The summed E-state index contributed by atoms with van der Waals surface area (Å²) in [4.78, 5) is 0. The molecule has 0 aromatic heterocycles. The standard InChI is InChI=1S/C27H54.C24H44.C9H18.C2H6/c1-12-25(27(10,11)22(6)26(7,8)9)15-13-14-20(4)17-24-18-23(21(24)5)16-19(2)3;1-4-6-7-8-17-23(22-15-11-12-16-22)20-24(3,5-2)19-18-21-13-9-10-14-21;1-4-8-5-9(6-8)7(2)3;1-2/h19-25H,12-18H2,1-11H3;6-7,21-23H,4-5,8-20H2,1-3H3;7-9H,4-6H2,1-3H3;1-2H3/b;7-6+;;. The zero-order valence-electron chi connectivity index (χ0n) is 46.8. The molecule has 0 nitrogen and oxygen atoms in total. The lowest BCUT2D eigenvalue weighted by Gasteiger charge is -2.46. The van der Waals surface area contributed by atoms with Crippen molar-refractivity contribution in [3.05, 3.63) is 12.2 Å². The summed E-state index contributed by atoms with van der Waals surface area (Å²) in [7, 11) is 0. The van der Waals surface area contributed by atoms with Gasteiger partial charge in [-0.15, -0.1) is 0 Å². The third kappa shape index (κ3) is 21.6. The molecular formula is C62H122. The summed E-state index contributed by atoms with van der Waals surface area (Å²) in [6.45, 7) is 45.3. The summed E-state index contributed by atoms with van der Waals surface area (Å²) >= 11 is 0. The highest BCUT2D eigenvalue weighted by molar-refractivity contribution is 4.91. The molecule has 0 amide bonds. The summed E-state index contributed by atoms with van der Waals surface area (Å²) in [6.07, 6.45) is 41.2. The maximum Gasteiger partial charge on any atom is -0.0295 e. The lowest BCUT2D eigenvalue weighted by Crippen LogP contribution is -2.38. The molecule has 0 heteroatoms. The minimum Gasteiger partial charge on any atom is -0.0888 e. The topological polar surface area (TPSA) is 0 Å². The zero-order valence-corrected chi connectivity index (χ0v) is 46.8. The number of hydrogen-bond donors (Lipinski definition) is 0. The van der Waals surface area contributed by atoms with Crippen LogP contribution in [-0.2, 0) is 0 Å². The minimum atomic E-state index is 0.400. The van der Waals surface area contributed by atoms with Crippen molar-refractivity contribution in [3.63, 3.8) is 0 Å². The van der Waals surface area contributed by atoms with Crippen molar-refractivity contribution in [2.45, 2.75) is 292 Å². The lowest BCUT2D eigenvalue weighted by atomic mass is 9.59. The second-order valence-electron chi connectivity index (χ2n) is 25.6. The van der Waals surface area contributed by atoms with Crippen LogP contribution in [0.5, 0.6) is 0 Å². The van der Waals surface area contributed by atoms with Crippen LogP contribution >= 0.6 is 0 Å². The molecule has 0 N–H and O–H groups in total. The van der Waals surface area contributed by atoms with Crippen molar-refractivity contribution in [3.8, 4) is 0 Å². The first kappa shape index (κ1) is 59.8. The number of rotatable bonds is 24. The van der Waals surface area contributed by atoms with Gasteiger partial charge < -0.3 is 0 Å². The fourth-order valence-corrected chi connectivity index (χ4v) is 13.3. The molecule has 62 heavy (non-hydrogen) atoms. The first-order valence-electron chi connectivity index (χ1n) is 28.9. The predicted molar refractivity (Wildman–Crippen MR) is 285 cm³/mol. The van der Waals surface area contributed by atoms with E-state index in [1.807, 2.05) is 13.8 Å². The van der Waals surface area contributed by atoms with Crippen molar-refractivity contribution in [1.29, 1.82) is 0 Å². The summed E-state index contributed by atoms with van der Waals surface area (Å²) in [5.41, 5.74) is 1.43. The van der Waals surface area contributed by atoms with Crippen LogP contribution in [0, 0.1) is 93.2 Å². The number of allylic oxidation sites excluding steroid dienone is 2. The monoisotopic (exact) mass is 867 g/mol. The SMILES string of the molecule is CC.CC/C=C/CCC(CC(C)(CC)CCC1CCCC1)C1CCCC1.CCC(CCCC(C)CC1CC(CC(C)C)C1C)C(C)(C)C(C)C(C)(C)C.CCC1CC(C(C)C)C1. The average molecular weight is 868 g/mol. The van der Waals surface area contributed by atoms with E-state index < -0.39 is 0 Å². The van der Waals surface area contributed by atoms with E-state index in [2.05, 4.69) is 130 Å². The van der Waals surface area contributed by atoms with E-state index in [0.717, 1.165) is 76.9 Å². The summed E-state index contributed by atoms with van der Waals surface area (Å²) in [5.74, 6) is 12.6. The van der Waals surface area contributed by atoms with Crippen LogP contribution in [0.2, 0.25) is 0 Å². The van der Waals surface area contributed by atoms with Gasteiger partial charge in [-0.2, -0.15) is 0 Å². The van der Waals surface area contributed by atoms with Gasteiger partial charge in [0.25, 0.3) is 0 Å². The Balaban J connectivity index is 0.000000501. The summed E-state index contributed by atoms with van der Waals surface area (Å²) in [5, 5.41) is 0. The second kappa shape index (κ2) is 30.9. The van der Waals surface area contributed by atoms with E-state index in [1.165, 1.54) is 161 Å². The molecule has 0 aromatic carbocycles. The average Bonchev–Trinajstić information content (AvgIpc) is 3.95. The van der Waals surface area contributed by atoms with Crippen molar-refractivity contribution >= 4 is 0 Å². The highest BCUT2D eigenvalue weighted by Crippen LogP contribution is 2.50. The van der Waals surface area contributed by atoms with Crippen molar-refractivity contribution in [2.75, 3.05) is 0 Å². The zero-order chi connectivity index (χ0) is 47.1. The van der Waals surface area contributed by atoms with Gasteiger partial charge in [0.1, 0.15) is 0 Å². The van der Waals surface area contributed by atoms with Gasteiger partial charge in [0.15, 0.2) is 0 Å². The predicted octanol–water partition coefficient (Wildman–Crippen LogP) is 21.7. The molecule has 4 aliphatic rings. The Morgan fingerprint density at radius 2 is 1.23 bits per heavy atom. The third-order valence-electron chi connectivity index (χ3n) is 19.0. The molecular weight excluding hydrogens is 745 g/mol. The highest BCUT2D eigenvalue weighted by atomic mass is 14.5. The first-order chi connectivity index (χ1) is 29.2. The third-order valence-corrected chi connectivity index (χ3v) is 19.0. The largest absolute Gasteiger partial charge is 0.0888 e. The van der Waals surface area contributed by atoms with Gasteiger partial charge in [0.05, 0.1) is 0 Å². The Bertz CT molecular complexity index is 1080. The van der Waals surface area contributed by atoms with Crippen LogP contribution in [0.4, 0.5) is 0 Å². The molecule has 4 aliphatic carbocycles. The van der Waals surface area contributed by atoms with Crippen LogP contribution < -0.4 is 0 Å². The van der Waals surface area contributed by atoms with Gasteiger partial charge >= 0.3 is 0 Å². The van der Waals surface area contributed by atoms with Gasteiger partial charge in [-0.1, -0.05) is 227 Å². The van der Waals surface area contributed by atoms with Crippen LogP contribution in [0.3, 0.4) is 0 Å². The smallest absolute Gasteiger partial charge is 0.0295 e. The van der Waals surface area contributed by atoms with Crippen molar-refractivity contribution < 1.29 is 0 Å². The summed E-state index contributed by atoms with van der Waals surface area (Å²) in [6, 6.07) is 0. The highest BCUT2D eigenvalue weighted by Gasteiger charge is 2.40. The molecule has 4 rings (SSSR count). The van der Waals surface area contributed by atoms with Crippen LogP contribution in [0.15, 0.2) is 12.2 Å². The van der Waals surface area contributed by atoms with Crippen LogP contribution in [0.25, 0.3) is 0 Å². The fraction of sp³-hybridized carbons (Fsp3) is 0.968. The maximum atomic E-state index is 2.62. The molecule has 0 saturated heterocycles. The fourth-order valence-electron chi connectivity index (χ4n) is 13.3. The molecule has 0 heterocycles. The molecule has 8 atom stereocenters. The maximum absolute atomic E-state index is 2.62. The Hall–Kier alpha value is -0.260. The van der Waals surface area contributed by atoms with Crippen LogP contribution in [-0.4, -0.2) is 0 Å². The van der Waals surface area contributed by atoms with Gasteiger partial charge in [-0.05, 0) is 170 Å². The second-order valence-corrected chi connectivity index (χ2v) is 25.6. The molecule has 370 valence electrons. The molecule has 0 aliphatic heterocycles. The summed E-state index contributed by atoms with van der Waals surface area (Å²) < 4.78 is 0. The quantitative estimate of drug-likeness (QED) is 0.0848. The molecule has 0 radical (unpaired) electrons. The van der Waals surface area contributed by atoms with Gasteiger partial charge in [0.2, 0.25) is 0 Å². The van der Waals surface area contributed by atoms with E-state index in [4.69, 9.17) is 0 Å². The van der Waals surface area contributed by atoms with Crippen molar-refractivity contribution in [2.24, 2.45) is 93.2 Å². The van der Waals surface area contributed by atoms with Gasteiger partial charge in [-0.3, -0.25) is 0 Å². The molecule has 0 aromatic rings. The first-order valence-corrected chi connectivity index (χ1v) is 28.9. The molecule has 0 spiro atoms. The van der Waals surface area contributed by atoms with E-state index >= 15 is 0 Å². The van der Waals surface area contributed by atoms with Crippen molar-refractivity contribution in [1.82, 2.24) is 0 Å². The molecule has 4 saturated carbocycles. The van der Waals surface area contributed by atoms with E-state index in [-0.39, 0.29) is 0 Å². The van der Waals surface area contributed by atoms with E-state index in [9.17, 15) is 0 Å². The van der Waals surface area contributed by atoms with E-state index in [0.29, 0.717) is 16.2 Å². The van der Waals surface area contributed by atoms with Gasteiger partial charge in [0, 0.05) is 0 Å². The van der Waals surface area contributed by atoms with E-state index in [1.54, 1.807) is 0 Å². The Morgan fingerprint density at radius 3 is 1.71 bits per heavy atom.